The van der Waals surface area contributed by atoms with E-state index in [-0.39, 0.29) is 5.56 Å². The zero-order valence-electron chi connectivity index (χ0n) is 9.28. The first kappa shape index (κ1) is 12.6. The van der Waals surface area contributed by atoms with Gasteiger partial charge in [0.05, 0.1) is 16.9 Å². The van der Waals surface area contributed by atoms with Gasteiger partial charge in [-0.2, -0.15) is 0 Å². The largest absolute Gasteiger partial charge is 0.397 e. The molecule has 0 atom stereocenters. The van der Waals surface area contributed by atoms with Crippen LogP contribution in [0.15, 0.2) is 46.9 Å². The molecule has 92 valence electrons. The van der Waals surface area contributed by atoms with Crippen LogP contribution in [0.4, 0.5) is 15.8 Å². The fraction of sp³-hybridized carbons (Fsp3) is 0. The second-order valence-corrected chi connectivity index (χ2v) is 4.58. The van der Waals surface area contributed by atoms with Crippen molar-refractivity contribution in [3.63, 3.8) is 0 Å². The van der Waals surface area contributed by atoms with Crippen LogP contribution in [0, 0.1) is 5.82 Å². The molecule has 0 aromatic heterocycles. The number of benzene rings is 2. The Kier molecular flexibility index (Phi) is 3.62. The summed E-state index contributed by atoms with van der Waals surface area (Å²) in [5.74, 6) is -1.12. The van der Waals surface area contributed by atoms with Crippen LogP contribution in [-0.4, -0.2) is 5.91 Å². The molecule has 0 aliphatic heterocycles. The number of nitrogens with two attached hydrogens (primary N) is 1. The number of anilines is 2. The van der Waals surface area contributed by atoms with Crippen LogP contribution in [0.3, 0.4) is 0 Å². The van der Waals surface area contributed by atoms with Gasteiger partial charge in [-0.1, -0.05) is 28.1 Å². The quantitative estimate of drug-likeness (QED) is 0.835. The van der Waals surface area contributed by atoms with Gasteiger partial charge in [0.2, 0.25) is 0 Å². The van der Waals surface area contributed by atoms with E-state index in [0.29, 0.717) is 15.8 Å². The predicted octanol–water partition coefficient (Wildman–Crippen LogP) is 3.42. The summed E-state index contributed by atoms with van der Waals surface area (Å²) in [4.78, 5) is 11.9. The van der Waals surface area contributed by atoms with E-state index in [9.17, 15) is 9.18 Å². The molecule has 0 bridgehead atoms. The van der Waals surface area contributed by atoms with Crippen molar-refractivity contribution in [2.24, 2.45) is 0 Å². The van der Waals surface area contributed by atoms with Crippen LogP contribution >= 0.6 is 15.9 Å². The van der Waals surface area contributed by atoms with Gasteiger partial charge in [-0.3, -0.25) is 4.79 Å². The maximum absolute atomic E-state index is 13.6. The molecule has 18 heavy (non-hydrogen) atoms. The molecular weight excluding hydrogens is 299 g/mol. The molecule has 0 radical (unpaired) electrons. The third-order valence-electron chi connectivity index (χ3n) is 2.38. The van der Waals surface area contributed by atoms with Gasteiger partial charge in [-0.15, -0.1) is 0 Å². The van der Waals surface area contributed by atoms with Crippen molar-refractivity contribution in [2.75, 3.05) is 11.1 Å². The second kappa shape index (κ2) is 5.18. The number of nitrogen functional groups attached to an aromatic ring is 1. The number of carbonyl (C=O) groups is 1. The van der Waals surface area contributed by atoms with E-state index in [4.69, 9.17) is 5.73 Å². The number of nitrogens with one attached hydrogen (secondary N) is 1. The molecule has 5 heteroatoms. The van der Waals surface area contributed by atoms with Crippen molar-refractivity contribution in [3.8, 4) is 0 Å². The summed E-state index contributed by atoms with van der Waals surface area (Å²) in [6.07, 6.45) is 0. The molecule has 3 nitrogen and oxygen atoms in total. The fourth-order valence-electron chi connectivity index (χ4n) is 1.47. The van der Waals surface area contributed by atoms with Crippen molar-refractivity contribution in [1.82, 2.24) is 0 Å². The lowest BCUT2D eigenvalue weighted by Gasteiger charge is -2.08. The van der Waals surface area contributed by atoms with E-state index < -0.39 is 11.7 Å². The standard InChI is InChI=1S/C13H10BrFN2O/c14-8-5-6-9(10(15)7-8)13(18)17-12-4-2-1-3-11(12)16/h1-7H,16H2,(H,17,18). The number of para-hydroxylation sites is 2. The van der Waals surface area contributed by atoms with E-state index in [1.807, 2.05) is 0 Å². The zero-order chi connectivity index (χ0) is 13.1. The van der Waals surface area contributed by atoms with Gasteiger partial charge < -0.3 is 11.1 Å². The number of hydrogen-bond acceptors (Lipinski definition) is 2. The first-order chi connectivity index (χ1) is 8.58. The van der Waals surface area contributed by atoms with Crippen LogP contribution < -0.4 is 11.1 Å². The Bertz CT molecular complexity index is 601. The lowest BCUT2D eigenvalue weighted by Crippen LogP contribution is -2.14. The number of hydrogen-bond donors (Lipinski definition) is 2. The summed E-state index contributed by atoms with van der Waals surface area (Å²) in [5.41, 5.74) is 6.56. The average Bonchev–Trinajstić information content (AvgIpc) is 2.32. The van der Waals surface area contributed by atoms with Gasteiger partial charge in [0.1, 0.15) is 5.82 Å². The summed E-state index contributed by atoms with van der Waals surface area (Å²) in [6, 6.07) is 11.1. The van der Waals surface area contributed by atoms with Crippen LogP contribution in [0.2, 0.25) is 0 Å². The van der Waals surface area contributed by atoms with Crippen molar-refractivity contribution in [1.29, 1.82) is 0 Å². The molecular formula is C13H10BrFN2O. The zero-order valence-corrected chi connectivity index (χ0v) is 10.9. The van der Waals surface area contributed by atoms with Gasteiger partial charge in [0, 0.05) is 4.47 Å². The first-order valence-electron chi connectivity index (χ1n) is 5.19. The van der Waals surface area contributed by atoms with Crippen LogP contribution in [0.25, 0.3) is 0 Å². The molecule has 1 amide bonds. The molecule has 3 N–H and O–H groups in total. The Morgan fingerprint density at radius 1 is 1.22 bits per heavy atom. The highest BCUT2D eigenvalue weighted by Gasteiger charge is 2.12. The molecule has 2 aromatic rings. The van der Waals surface area contributed by atoms with Crippen molar-refractivity contribution >= 4 is 33.2 Å². The van der Waals surface area contributed by atoms with Crippen molar-refractivity contribution < 1.29 is 9.18 Å². The third kappa shape index (κ3) is 2.68. The summed E-state index contributed by atoms with van der Waals surface area (Å²) in [7, 11) is 0. The summed E-state index contributed by atoms with van der Waals surface area (Å²) in [5, 5.41) is 2.57. The highest BCUT2D eigenvalue weighted by Crippen LogP contribution is 2.20. The van der Waals surface area contributed by atoms with Crippen molar-refractivity contribution in [3.05, 3.63) is 58.3 Å². The molecule has 0 saturated carbocycles. The minimum absolute atomic E-state index is 0.0264. The minimum atomic E-state index is -0.587. The molecule has 0 fully saturated rings. The SMILES string of the molecule is Nc1ccccc1NC(=O)c1ccc(Br)cc1F. The third-order valence-corrected chi connectivity index (χ3v) is 2.88. The Morgan fingerprint density at radius 2 is 1.94 bits per heavy atom. The fourth-order valence-corrected chi connectivity index (χ4v) is 1.81. The number of carbonyl (C=O) groups excluding carboxylic acids is 1. The summed E-state index contributed by atoms with van der Waals surface area (Å²) >= 11 is 3.13. The Morgan fingerprint density at radius 3 is 2.61 bits per heavy atom. The topological polar surface area (TPSA) is 55.1 Å². The number of amides is 1. The molecule has 0 unspecified atom stereocenters. The lowest BCUT2D eigenvalue weighted by molar-refractivity contribution is 0.102. The van der Waals surface area contributed by atoms with E-state index in [1.54, 1.807) is 30.3 Å². The lowest BCUT2D eigenvalue weighted by atomic mass is 10.2. The molecule has 2 aromatic carbocycles. The monoisotopic (exact) mass is 308 g/mol. The highest BCUT2D eigenvalue weighted by atomic mass is 79.9. The maximum Gasteiger partial charge on any atom is 0.258 e. The number of rotatable bonds is 2. The summed E-state index contributed by atoms with van der Waals surface area (Å²) < 4.78 is 14.2. The molecule has 0 spiro atoms. The second-order valence-electron chi connectivity index (χ2n) is 3.67. The van der Waals surface area contributed by atoms with Crippen LogP contribution in [-0.2, 0) is 0 Å². The van der Waals surface area contributed by atoms with E-state index in [2.05, 4.69) is 21.2 Å². The van der Waals surface area contributed by atoms with Gasteiger partial charge in [0.15, 0.2) is 0 Å². The molecule has 0 saturated heterocycles. The van der Waals surface area contributed by atoms with Gasteiger partial charge >= 0.3 is 0 Å². The van der Waals surface area contributed by atoms with Crippen LogP contribution in [0.1, 0.15) is 10.4 Å². The number of halogens is 2. The van der Waals surface area contributed by atoms with Crippen molar-refractivity contribution in [2.45, 2.75) is 0 Å². The van der Waals surface area contributed by atoms with Gasteiger partial charge in [-0.05, 0) is 30.3 Å². The van der Waals surface area contributed by atoms with E-state index in [0.717, 1.165) is 0 Å². The Hall–Kier alpha value is -1.88. The maximum atomic E-state index is 13.6. The molecule has 0 aliphatic rings. The molecule has 0 aliphatic carbocycles. The Balaban J connectivity index is 2.25. The highest BCUT2D eigenvalue weighted by molar-refractivity contribution is 9.10. The van der Waals surface area contributed by atoms with Gasteiger partial charge in [-0.25, -0.2) is 4.39 Å². The molecule has 2 rings (SSSR count). The predicted molar refractivity (Wildman–Crippen MR) is 72.9 cm³/mol. The normalized spacial score (nSPS) is 10.1. The molecule has 0 heterocycles. The average molecular weight is 309 g/mol. The van der Waals surface area contributed by atoms with E-state index in [1.165, 1.54) is 12.1 Å². The first-order valence-corrected chi connectivity index (χ1v) is 5.98. The van der Waals surface area contributed by atoms with Gasteiger partial charge in [0.25, 0.3) is 5.91 Å². The summed E-state index contributed by atoms with van der Waals surface area (Å²) in [6.45, 7) is 0. The Labute approximate surface area is 112 Å². The minimum Gasteiger partial charge on any atom is -0.397 e. The smallest absolute Gasteiger partial charge is 0.258 e. The van der Waals surface area contributed by atoms with E-state index >= 15 is 0 Å². The van der Waals surface area contributed by atoms with Crippen LogP contribution in [0.5, 0.6) is 0 Å².